The minimum absolute atomic E-state index is 0. The summed E-state index contributed by atoms with van der Waals surface area (Å²) in [6.07, 6.45) is 2.60. The van der Waals surface area contributed by atoms with E-state index in [1.165, 1.54) is 4.90 Å². The summed E-state index contributed by atoms with van der Waals surface area (Å²) in [5.41, 5.74) is 0.969. The molecule has 1 aliphatic rings. The van der Waals surface area contributed by atoms with E-state index in [0.717, 1.165) is 43.9 Å². The Balaban J connectivity index is 0.00000192. The van der Waals surface area contributed by atoms with Crippen LogP contribution in [0, 0.1) is 0 Å². The average molecular weight is 353 g/mol. The first-order valence-corrected chi connectivity index (χ1v) is 8.57. The number of furan rings is 1. The summed E-state index contributed by atoms with van der Waals surface area (Å²) in [5.74, 6) is 1.25. The van der Waals surface area contributed by atoms with Gasteiger partial charge in [-0.05, 0) is 31.2 Å². The summed E-state index contributed by atoms with van der Waals surface area (Å²) in [5, 5.41) is 3.31. The van der Waals surface area contributed by atoms with Crippen molar-refractivity contribution in [3.63, 3.8) is 0 Å². The highest BCUT2D eigenvalue weighted by atomic mass is 35.5. The number of thioether (sulfide) groups is 1. The molecule has 1 fully saturated rings. The molecule has 3 rings (SSSR count). The second kappa shape index (κ2) is 9.01. The maximum absolute atomic E-state index is 12.6. The Bertz CT molecular complexity index is 610. The number of halogens is 1. The van der Waals surface area contributed by atoms with Crippen molar-refractivity contribution in [2.45, 2.75) is 17.1 Å². The Morgan fingerprint density at radius 1 is 1.17 bits per heavy atom. The monoisotopic (exact) mass is 352 g/mol. The van der Waals surface area contributed by atoms with Gasteiger partial charge in [0.15, 0.2) is 5.76 Å². The van der Waals surface area contributed by atoms with Gasteiger partial charge in [0.05, 0.1) is 6.26 Å². The molecule has 1 saturated heterocycles. The maximum Gasteiger partial charge on any atom is 0.289 e. The van der Waals surface area contributed by atoms with E-state index in [1.807, 2.05) is 29.2 Å². The second-order valence-electron chi connectivity index (χ2n) is 5.27. The molecule has 1 aromatic heterocycles. The standard InChI is InChI=1S/C17H20N2O2S.ClH/c20-17(19-10-4-8-18-9-11-19)16-14(7-12-21-16)13-22-15-5-2-1-3-6-15;/h1-3,5-7,12,18H,4,8-11,13H2;1H. The van der Waals surface area contributed by atoms with Crippen molar-refractivity contribution in [2.24, 2.45) is 0 Å². The zero-order valence-electron chi connectivity index (χ0n) is 12.9. The Hall–Kier alpha value is -1.43. The van der Waals surface area contributed by atoms with Gasteiger partial charge in [0.2, 0.25) is 0 Å². The summed E-state index contributed by atoms with van der Waals surface area (Å²) in [6, 6.07) is 12.1. The molecule has 0 atom stereocenters. The van der Waals surface area contributed by atoms with Gasteiger partial charge in [0, 0.05) is 35.8 Å². The SMILES string of the molecule is Cl.O=C(c1occc1CSc1ccccc1)N1CCCNCC1. The molecule has 0 saturated carbocycles. The highest BCUT2D eigenvalue weighted by Gasteiger charge is 2.22. The van der Waals surface area contributed by atoms with Crippen LogP contribution in [0.3, 0.4) is 0 Å². The number of benzene rings is 1. The quantitative estimate of drug-likeness (QED) is 0.856. The average Bonchev–Trinajstić information content (AvgIpc) is 2.86. The lowest BCUT2D eigenvalue weighted by atomic mass is 10.2. The van der Waals surface area contributed by atoms with Crippen molar-refractivity contribution in [1.29, 1.82) is 0 Å². The van der Waals surface area contributed by atoms with Crippen molar-refractivity contribution in [3.05, 3.63) is 54.0 Å². The van der Waals surface area contributed by atoms with E-state index < -0.39 is 0 Å². The zero-order valence-corrected chi connectivity index (χ0v) is 14.5. The predicted molar refractivity (Wildman–Crippen MR) is 95.3 cm³/mol. The number of carbonyl (C=O) groups is 1. The normalized spacial score (nSPS) is 14.9. The van der Waals surface area contributed by atoms with E-state index in [9.17, 15) is 4.79 Å². The lowest BCUT2D eigenvalue weighted by Gasteiger charge is -2.19. The molecule has 0 unspecified atom stereocenters. The predicted octanol–water partition coefficient (Wildman–Crippen LogP) is 3.43. The molecular weight excluding hydrogens is 332 g/mol. The van der Waals surface area contributed by atoms with Gasteiger partial charge in [0.25, 0.3) is 5.91 Å². The molecule has 124 valence electrons. The fraction of sp³-hybridized carbons (Fsp3) is 0.353. The first-order valence-electron chi connectivity index (χ1n) is 7.59. The van der Waals surface area contributed by atoms with E-state index in [4.69, 9.17) is 4.42 Å². The highest BCUT2D eigenvalue weighted by Crippen LogP contribution is 2.25. The molecule has 1 amide bonds. The first-order chi connectivity index (χ1) is 10.8. The number of rotatable bonds is 4. The summed E-state index contributed by atoms with van der Waals surface area (Å²) in [4.78, 5) is 15.7. The van der Waals surface area contributed by atoms with Crippen LogP contribution in [0.15, 0.2) is 52.0 Å². The number of amides is 1. The summed E-state index contributed by atoms with van der Waals surface area (Å²) in [6.45, 7) is 3.35. The number of nitrogens with zero attached hydrogens (tertiary/aromatic N) is 1. The Labute approximate surface area is 147 Å². The molecule has 6 heteroatoms. The fourth-order valence-electron chi connectivity index (χ4n) is 2.51. The van der Waals surface area contributed by atoms with Crippen molar-refractivity contribution in [1.82, 2.24) is 10.2 Å². The molecular formula is C17H21ClN2O2S. The summed E-state index contributed by atoms with van der Waals surface area (Å²) >= 11 is 1.72. The van der Waals surface area contributed by atoms with E-state index in [2.05, 4.69) is 17.4 Å². The van der Waals surface area contributed by atoms with Crippen LogP contribution in [-0.2, 0) is 5.75 Å². The molecule has 1 aromatic carbocycles. The number of hydrogen-bond donors (Lipinski definition) is 1. The van der Waals surface area contributed by atoms with Gasteiger partial charge < -0.3 is 14.6 Å². The number of nitrogens with one attached hydrogen (secondary N) is 1. The van der Waals surface area contributed by atoms with Crippen molar-refractivity contribution in [2.75, 3.05) is 26.2 Å². The lowest BCUT2D eigenvalue weighted by molar-refractivity contribution is 0.0733. The van der Waals surface area contributed by atoms with E-state index in [-0.39, 0.29) is 18.3 Å². The Morgan fingerprint density at radius 2 is 2.00 bits per heavy atom. The van der Waals surface area contributed by atoms with Crippen LogP contribution in [0.2, 0.25) is 0 Å². The van der Waals surface area contributed by atoms with Gasteiger partial charge >= 0.3 is 0 Å². The molecule has 0 aliphatic carbocycles. The zero-order chi connectivity index (χ0) is 15.2. The third-order valence-electron chi connectivity index (χ3n) is 3.71. The lowest BCUT2D eigenvalue weighted by Crippen LogP contribution is -2.34. The van der Waals surface area contributed by atoms with Crippen LogP contribution in [0.1, 0.15) is 22.5 Å². The Kier molecular flexibility index (Phi) is 7.02. The Morgan fingerprint density at radius 3 is 2.83 bits per heavy atom. The largest absolute Gasteiger partial charge is 0.459 e. The third-order valence-corrected chi connectivity index (χ3v) is 4.77. The molecule has 2 heterocycles. The van der Waals surface area contributed by atoms with Gasteiger partial charge in [0.1, 0.15) is 0 Å². The van der Waals surface area contributed by atoms with Gasteiger partial charge in [-0.1, -0.05) is 18.2 Å². The van der Waals surface area contributed by atoms with Gasteiger partial charge in [-0.3, -0.25) is 4.79 Å². The molecule has 0 spiro atoms. The van der Waals surface area contributed by atoms with Gasteiger partial charge in [-0.25, -0.2) is 0 Å². The van der Waals surface area contributed by atoms with Gasteiger partial charge in [-0.2, -0.15) is 0 Å². The highest BCUT2D eigenvalue weighted by molar-refractivity contribution is 7.98. The van der Waals surface area contributed by atoms with E-state index >= 15 is 0 Å². The third kappa shape index (κ3) is 4.77. The smallest absolute Gasteiger partial charge is 0.289 e. The molecule has 1 N–H and O–H groups in total. The summed E-state index contributed by atoms with van der Waals surface area (Å²) in [7, 11) is 0. The molecule has 1 aliphatic heterocycles. The van der Waals surface area contributed by atoms with E-state index in [1.54, 1.807) is 18.0 Å². The van der Waals surface area contributed by atoms with Crippen LogP contribution in [0.5, 0.6) is 0 Å². The minimum Gasteiger partial charge on any atom is -0.459 e. The topological polar surface area (TPSA) is 45.5 Å². The van der Waals surface area contributed by atoms with Crippen LogP contribution in [0.25, 0.3) is 0 Å². The minimum atomic E-state index is 0. The van der Waals surface area contributed by atoms with Crippen LogP contribution in [0.4, 0.5) is 0 Å². The molecule has 2 aromatic rings. The van der Waals surface area contributed by atoms with Crippen molar-refractivity contribution in [3.8, 4) is 0 Å². The van der Waals surface area contributed by atoms with Crippen LogP contribution in [-0.4, -0.2) is 37.0 Å². The van der Waals surface area contributed by atoms with Crippen LogP contribution >= 0.6 is 24.2 Å². The van der Waals surface area contributed by atoms with Crippen LogP contribution < -0.4 is 5.32 Å². The number of hydrogen-bond acceptors (Lipinski definition) is 4. The van der Waals surface area contributed by atoms with E-state index in [0.29, 0.717) is 5.76 Å². The van der Waals surface area contributed by atoms with Gasteiger partial charge in [-0.15, -0.1) is 24.2 Å². The van der Waals surface area contributed by atoms with Crippen molar-refractivity contribution >= 4 is 30.1 Å². The number of carbonyl (C=O) groups excluding carboxylic acids is 1. The first kappa shape index (κ1) is 17.9. The molecule has 0 bridgehead atoms. The summed E-state index contributed by atoms with van der Waals surface area (Å²) < 4.78 is 5.48. The molecule has 23 heavy (non-hydrogen) atoms. The molecule has 0 radical (unpaired) electrons. The fourth-order valence-corrected chi connectivity index (χ4v) is 3.41. The second-order valence-corrected chi connectivity index (χ2v) is 6.32. The maximum atomic E-state index is 12.6. The molecule has 4 nitrogen and oxygen atoms in total. The van der Waals surface area contributed by atoms with Crippen molar-refractivity contribution < 1.29 is 9.21 Å².